The molecule has 0 saturated carbocycles. The van der Waals surface area contributed by atoms with Crippen LogP contribution in [0.25, 0.3) is 0 Å². The molecule has 2 heterocycles. The van der Waals surface area contributed by atoms with E-state index in [1.807, 2.05) is 0 Å². The normalized spacial score (nSPS) is 21.9. The minimum Gasteiger partial charge on any atom is -0.481 e. The first-order valence-corrected chi connectivity index (χ1v) is 10.6. The van der Waals surface area contributed by atoms with Gasteiger partial charge in [-0.2, -0.15) is 0 Å². The Bertz CT molecular complexity index is 1080. The molecule has 1 aliphatic carbocycles. The fourth-order valence-electron chi connectivity index (χ4n) is 4.12. The molecule has 4 rings (SSSR count). The standard InChI is InChI=1S/C22H25N5O7/c23-14-2-3-17(16(8-14)25-32)27-6-5-26(11-21(27)29)10-20(28)24-15(9-22(30)31)13-1-4-18-19(7-13)34-12-33-18/h1-4,7-8,15,17,32H,5-6,9-12,23H2,(H,24,28)(H,30,31). The Kier molecular flexibility index (Phi) is 6.68. The Hall–Kier alpha value is -4.06. The van der Waals surface area contributed by atoms with Crippen LogP contribution in [0.5, 0.6) is 11.5 Å². The van der Waals surface area contributed by atoms with Gasteiger partial charge in [0.25, 0.3) is 0 Å². The molecule has 1 saturated heterocycles. The summed E-state index contributed by atoms with van der Waals surface area (Å²) in [5.41, 5.74) is 6.98. The van der Waals surface area contributed by atoms with E-state index >= 15 is 0 Å². The zero-order chi connectivity index (χ0) is 24.2. The van der Waals surface area contributed by atoms with Crippen LogP contribution in [0.15, 0.2) is 47.3 Å². The number of carbonyl (C=O) groups is 3. The number of amides is 2. The number of aliphatic carboxylic acids is 1. The van der Waals surface area contributed by atoms with Gasteiger partial charge in [0.15, 0.2) is 11.5 Å². The van der Waals surface area contributed by atoms with E-state index in [0.29, 0.717) is 35.8 Å². The zero-order valence-corrected chi connectivity index (χ0v) is 18.2. The number of ether oxygens (including phenoxy) is 2. The van der Waals surface area contributed by atoms with Gasteiger partial charge in [0.05, 0.1) is 31.6 Å². The van der Waals surface area contributed by atoms with Crippen molar-refractivity contribution < 1.29 is 34.2 Å². The maximum atomic E-state index is 12.8. The van der Waals surface area contributed by atoms with E-state index in [4.69, 9.17) is 15.2 Å². The number of hydrogen-bond acceptors (Lipinski definition) is 9. The second-order valence-corrected chi connectivity index (χ2v) is 8.10. The molecule has 1 fully saturated rings. The van der Waals surface area contributed by atoms with Crippen LogP contribution >= 0.6 is 0 Å². The first-order valence-electron chi connectivity index (χ1n) is 10.6. The molecule has 0 bridgehead atoms. The third-order valence-electron chi connectivity index (χ3n) is 5.76. The number of hydrogen-bond donors (Lipinski definition) is 4. The molecule has 12 heteroatoms. The molecule has 3 aliphatic rings. The van der Waals surface area contributed by atoms with Crippen molar-refractivity contribution in [2.75, 3.05) is 33.0 Å². The molecule has 12 nitrogen and oxygen atoms in total. The smallest absolute Gasteiger partial charge is 0.305 e. The molecule has 1 aromatic rings. The second kappa shape index (κ2) is 9.83. The summed E-state index contributed by atoms with van der Waals surface area (Å²) in [7, 11) is 0. The highest BCUT2D eigenvalue weighted by Crippen LogP contribution is 2.34. The lowest BCUT2D eigenvalue weighted by Crippen LogP contribution is -2.57. The van der Waals surface area contributed by atoms with Crippen LogP contribution in [-0.4, -0.2) is 82.6 Å². The summed E-state index contributed by atoms with van der Waals surface area (Å²) in [6, 6.07) is 3.69. The fraction of sp³-hybridized carbons (Fsp3) is 0.364. The van der Waals surface area contributed by atoms with Gasteiger partial charge in [-0.3, -0.25) is 19.3 Å². The molecule has 5 N–H and O–H groups in total. The van der Waals surface area contributed by atoms with Crippen molar-refractivity contribution >= 4 is 23.5 Å². The number of nitrogens with two attached hydrogens (primary N) is 1. The summed E-state index contributed by atoms with van der Waals surface area (Å²) in [5.74, 6) is -0.662. The lowest BCUT2D eigenvalue weighted by Gasteiger charge is -2.38. The number of nitrogens with zero attached hydrogens (tertiary/aromatic N) is 3. The fourth-order valence-corrected chi connectivity index (χ4v) is 4.12. The number of nitrogens with one attached hydrogen (secondary N) is 1. The van der Waals surface area contributed by atoms with E-state index < -0.39 is 24.0 Å². The van der Waals surface area contributed by atoms with E-state index in [-0.39, 0.29) is 37.9 Å². The van der Waals surface area contributed by atoms with Crippen molar-refractivity contribution in [2.24, 2.45) is 10.9 Å². The first-order chi connectivity index (χ1) is 16.3. The molecule has 2 atom stereocenters. The second-order valence-electron chi connectivity index (χ2n) is 8.10. The lowest BCUT2D eigenvalue weighted by molar-refractivity contribution is -0.137. The van der Waals surface area contributed by atoms with E-state index in [1.165, 1.54) is 6.08 Å². The van der Waals surface area contributed by atoms with Crippen molar-refractivity contribution in [2.45, 2.75) is 18.5 Å². The summed E-state index contributed by atoms with van der Waals surface area (Å²) in [6.07, 6.45) is 4.51. The topological polar surface area (TPSA) is 167 Å². The van der Waals surface area contributed by atoms with Gasteiger partial charge in [-0.15, -0.1) is 0 Å². The predicted octanol–water partition coefficient (Wildman–Crippen LogP) is -0.197. The highest BCUT2D eigenvalue weighted by molar-refractivity contribution is 6.04. The molecule has 2 unspecified atom stereocenters. The lowest BCUT2D eigenvalue weighted by atomic mass is 10.0. The Morgan fingerprint density at radius 2 is 2.06 bits per heavy atom. The van der Waals surface area contributed by atoms with Gasteiger partial charge in [-0.1, -0.05) is 17.3 Å². The minimum absolute atomic E-state index is 0.0106. The third-order valence-corrected chi connectivity index (χ3v) is 5.76. The molecule has 180 valence electrons. The van der Waals surface area contributed by atoms with Crippen LogP contribution in [0.2, 0.25) is 0 Å². The highest BCUT2D eigenvalue weighted by Gasteiger charge is 2.33. The van der Waals surface area contributed by atoms with Crippen molar-refractivity contribution in [3.05, 3.63) is 47.7 Å². The summed E-state index contributed by atoms with van der Waals surface area (Å²) in [5, 5.41) is 24.5. The van der Waals surface area contributed by atoms with Gasteiger partial charge in [0, 0.05) is 18.8 Å². The third kappa shape index (κ3) is 5.12. The van der Waals surface area contributed by atoms with Crippen LogP contribution in [0.4, 0.5) is 0 Å². The number of carboxylic acids is 1. The molecule has 0 aromatic heterocycles. The molecule has 2 aliphatic heterocycles. The molecule has 0 spiro atoms. The highest BCUT2D eigenvalue weighted by atomic mass is 16.7. The van der Waals surface area contributed by atoms with Crippen LogP contribution < -0.4 is 20.5 Å². The largest absolute Gasteiger partial charge is 0.481 e. The number of benzene rings is 1. The van der Waals surface area contributed by atoms with E-state index in [0.717, 1.165) is 0 Å². The van der Waals surface area contributed by atoms with Gasteiger partial charge < -0.3 is 35.7 Å². The number of fused-ring (bicyclic) bond motifs is 1. The van der Waals surface area contributed by atoms with Crippen LogP contribution in [-0.2, 0) is 14.4 Å². The maximum Gasteiger partial charge on any atom is 0.305 e. The minimum atomic E-state index is -1.07. The van der Waals surface area contributed by atoms with Crippen molar-refractivity contribution in [3.8, 4) is 11.5 Å². The molecule has 2 amide bonds. The maximum absolute atomic E-state index is 12.8. The number of piperazine rings is 1. The van der Waals surface area contributed by atoms with Crippen molar-refractivity contribution in [1.82, 2.24) is 15.1 Å². The molecular weight excluding hydrogens is 446 g/mol. The van der Waals surface area contributed by atoms with E-state index in [9.17, 15) is 24.7 Å². The summed E-state index contributed by atoms with van der Waals surface area (Å²) in [4.78, 5) is 40.1. The number of oxime groups is 1. The van der Waals surface area contributed by atoms with Crippen LogP contribution in [0.1, 0.15) is 18.0 Å². The number of carbonyl (C=O) groups excluding carboxylic acids is 2. The quantitative estimate of drug-likeness (QED) is 0.311. The average Bonchev–Trinajstić information content (AvgIpc) is 3.26. The zero-order valence-electron chi connectivity index (χ0n) is 18.2. The predicted molar refractivity (Wildman–Crippen MR) is 118 cm³/mol. The molecule has 34 heavy (non-hydrogen) atoms. The molecular formula is C22H25N5O7. The molecule has 0 radical (unpaired) electrons. The Labute approximate surface area is 194 Å². The van der Waals surface area contributed by atoms with Crippen LogP contribution in [0.3, 0.4) is 0 Å². The number of rotatable bonds is 7. The average molecular weight is 471 g/mol. The van der Waals surface area contributed by atoms with E-state index in [2.05, 4.69) is 10.5 Å². The van der Waals surface area contributed by atoms with Crippen molar-refractivity contribution in [1.29, 1.82) is 0 Å². The van der Waals surface area contributed by atoms with Gasteiger partial charge in [-0.25, -0.2) is 0 Å². The number of carboxylic acid groups (broad SMARTS) is 1. The Balaban J connectivity index is 1.36. The summed E-state index contributed by atoms with van der Waals surface area (Å²) >= 11 is 0. The van der Waals surface area contributed by atoms with E-state index in [1.54, 1.807) is 40.2 Å². The van der Waals surface area contributed by atoms with Crippen molar-refractivity contribution in [3.63, 3.8) is 0 Å². The first kappa shape index (κ1) is 23.1. The Morgan fingerprint density at radius 1 is 1.26 bits per heavy atom. The van der Waals surface area contributed by atoms with Gasteiger partial charge in [0.1, 0.15) is 5.71 Å². The SMILES string of the molecule is NC1=CC(=NO)C(N2CCN(CC(=O)NC(CC(=O)O)c3ccc4c(c3)OCO4)CC2=O)C=C1. The number of allylic oxidation sites excluding steroid dienone is 1. The summed E-state index contributed by atoms with van der Waals surface area (Å²) < 4.78 is 10.6. The van der Waals surface area contributed by atoms with Gasteiger partial charge in [0.2, 0.25) is 18.6 Å². The monoisotopic (exact) mass is 471 g/mol. The van der Waals surface area contributed by atoms with Gasteiger partial charge >= 0.3 is 5.97 Å². The van der Waals surface area contributed by atoms with Gasteiger partial charge in [-0.05, 0) is 29.8 Å². The van der Waals surface area contributed by atoms with Crippen LogP contribution in [0, 0.1) is 0 Å². The Morgan fingerprint density at radius 3 is 2.79 bits per heavy atom. The summed E-state index contributed by atoms with van der Waals surface area (Å²) in [6.45, 7) is 0.724. The molecule has 1 aromatic carbocycles.